The van der Waals surface area contributed by atoms with Crippen molar-refractivity contribution in [2.75, 3.05) is 6.54 Å². The molecule has 1 aromatic heterocycles. The van der Waals surface area contributed by atoms with E-state index in [0.717, 1.165) is 24.3 Å². The SMILES string of the molecule is Cc1cc(CNCC(C)C)c2ccc(C)c(C)c2n1. The first-order valence-corrected chi connectivity index (χ1v) is 7.06. The maximum atomic E-state index is 4.71. The van der Waals surface area contributed by atoms with E-state index < -0.39 is 0 Å². The maximum Gasteiger partial charge on any atom is 0.0740 e. The lowest BCUT2D eigenvalue weighted by Gasteiger charge is -2.13. The molecule has 0 amide bonds. The summed E-state index contributed by atoms with van der Waals surface area (Å²) in [5.41, 5.74) is 6.22. The van der Waals surface area contributed by atoms with Gasteiger partial charge in [0.15, 0.2) is 0 Å². The highest BCUT2D eigenvalue weighted by Crippen LogP contribution is 2.23. The van der Waals surface area contributed by atoms with Gasteiger partial charge >= 0.3 is 0 Å². The number of aromatic nitrogens is 1. The zero-order chi connectivity index (χ0) is 14.0. The summed E-state index contributed by atoms with van der Waals surface area (Å²) in [7, 11) is 0. The van der Waals surface area contributed by atoms with Gasteiger partial charge in [-0.2, -0.15) is 0 Å². The highest BCUT2D eigenvalue weighted by molar-refractivity contribution is 5.86. The van der Waals surface area contributed by atoms with E-state index in [1.165, 1.54) is 22.1 Å². The minimum Gasteiger partial charge on any atom is -0.312 e. The average Bonchev–Trinajstić information content (AvgIpc) is 2.34. The first-order chi connectivity index (χ1) is 8.99. The molecule has 102 valence electrons. The summed E-state index contributed by atoms with van der Waals surface area (Å²) < 4.78 is 0. The molecule has 0 atom stereocenters. The molecule has 0 saturated carbocycles. The third kappa shape index (κ3) is 3.13. The quantitative estimate of drug-likeness (QED) is 0.897. The molecule has 1 heterocycles. The van der Waals surface area contributed by atoms with E-state index in [1.54, 1.807) is 0 Å². The van der Waals surface area contributed by atoms with Gasteiger partial charge in [0.2, 0.25) is 0 Å². The molecule has 0 unspecified atom stereocenters. The molecule has 2 heteroatoms. The van der Waals surface area contributed by atoms with Gasteiger partial charge in [-0.25, -0.2) is 0 Å². The first-order valence-electron chi connectivity index (χ1n) is 7.06. The zero-order valence-corrected chi connectivity index (χ0v) is 12.7. The molecule has 0 aliphatic heterocycles. The monoisotopic (exact) mass is 256 g/mol. The van der Waals surface area contributed by atoms with Crippen molar-refractivity contribution in [3.8, 4) is 0 Å². The van der Waals surface area contributed by atoms with Crippen molar-refractivity contribution in [3.63, 3.8) is 0 Å². The van der Waals surface area contributed by atoms with E-state index in [-0.39, 0.29) is 0 Å². The van der Waals surface area contributed by atoms with Crippen LogP contribution in [-0.2, 0) is 6.54 Å². The molecule has 1 N–H and O–H groups in total. The number of nitrogens with zero attached hydrogens (tertiary/aromatic N) is 1. The van der Waals surface area contributed by atoms with Crippen molar-refractivity contribution in [2.24, 2.45) is 5.92 Å². The van der Waals surface area contributed by atoms with Crippen molar-refractivity contribution >= 4 is 10.9 Å². The van der Waals surface area contributed by atoms with E-state index in [4.69, 9.17) is 4.98 Å². The van der Waals surface area contributed by atoms with Crippen molar-refractivity contribution in [1.29, 1.82) is 0 Å². The van der Waals surface area contributed by atoms with Gasteiger partial charge in [-0.1, -0.05) is 26.0 Å². The Morgan fingerprint density at radius 3 is 2.58 bits per heavy atom. The van der Waals surface area contributed by atoms with Gasteiger partial charge in [-0.3, -0.25) is 4.98 Å². The fourth-order valence-electron chi connectivity index (χ4n) is 2.38. The Bertz CT molecular complexity index is 585. The molecule has 1 aromatic carbocycles. The van der Waals surface area contributed by atoms with Crippen LogP contribution in [0, 0.1) is 26.7 Å². The van der Waals surface area contributed by atoms with E-state index in [9.17, 15) is 0 Å². The van der Waals surface area contributed by atoms with Crippen LogP contribution in [0.25, 0.3) is 10.9 Å². The number of benzene rings is 1. The second-order valence-electron chi connectivity index (χ2n) is 5.85. The van der Waals surface area contributed by atoms with E-state index in [0.29, 0.717) is 5.92 Å². The lowest BCUT2D eigenvalue weighted by molar-refractivity contribution is 0.553. The number of pyridine rings is 1. The first kappa shape index (κ1) is 14.0. The molecule has 0 aliphatic carbocycles. The van der Waals surface area contributed by atoms with Gasteiger partial charge < -0.3 is 5.32 Å². The fraction of sp³-hybridized carbons (Fsp3) is 0.471. The highest BCUT2D eigenvalue weighted by atomic mass is 14.9. The largest absolute Gasteiger partial charge is 0.312 e. The predicted molar refractivity (Wildman–Crippen MR) is 82.5 cm³/mol. The third-order valence-corrected chi connectivity index (χ3v) is 3.59. The molecule has 0 radical (unpaired) electrons. The van der Waals surface area contributed by atoms with Crippen LogP contribution < -0.4 is 5.32 Å². The van der Waals surface area contributed by atoms with Gasteiger partial charge in [0.25, 0.3) is 0 Å². The third-order valence-electron chi connectivity index (χ3n) is 3.59. The van der Waals surface area contributed by atoms with Crippen LogP contribution in [0.3, 0.4) is 0 Å². The molecular weight excluding hydrogens is 232 g/mol. The number of nitrogens with one attached hydrogen (secondary N) is 1. The van der Waals surface area contributed by atoms with E-state index in [2.05, 4.69) is 58.1 Å². The van der Waals surface area contributed by atoms with Gasteiger partial charge in [-0.15, -0.1) is 0 Å². The van der Waals surface area contributed by atoms with Crippen LogP contribution in [0.15, 0.2) is 18.2 Å². The molecule has 0 saturated heterocycles. The van der Waals surface area contributed by atoms with Crippen LogP contribution in [0.2, 0.25) is 0 Å². The molecule has 19 heavy (non-hydrogen) atoms. The summed E-state index contributed by atoms with van der Waals surface area (Å²) in [5, 5.41) is 4.81. The van der Waals surface area contributed by atoms with Crippen LogP contribution in [0.4, 0.5) is 0 Å². The summed E-state index contributed by atoms with van der Waals surface area (Å²) in [6, 6.07) is 6.60. The number of rotatable bonds is 4. The average molecular weight is 256 g/mol. The van der Waals surface area contributed by atoms with Crippen LogP contribution in [0.5, 0.6) is 0 Å². The van der Waals surface area contributed by atoms with Gasteiger partial charge in [0, 0.05) is 17.6 Å². The number of aryl methyl sites for hydroxylation is 3. The normalized spacial score (nSPS) is 11.5. The Hall–Kier alpha value is -1.41. The molecular formula is C17H24N2. The number of hydrogen-bond donors (Lipinski definition) is 1. The highest BCUT2D eigenvalue weighted by Gasteiger charge is 2.07. The Kier molecular flexibility index (Phi) is 4.20. The summed E-state index contributed by atoms with van der Waals surface area (Å²) in [6.45, 7) is 12.8. The molecule has 2 nitrogen and oxygen atoms in total. The molecule has 0 spiro atoms. The Morgan fingerprint density at radius 2 is 1.89 bits per heavy atom. The minimum atomic E-state index is 0.679. The summed E-state index contributed by atoms with van der Waals surface area (Å²) in [5.74, 6) is 0.679. The standard InChI is InChI=1S/C17H24N2/c1-11(2)9-18-10-15-8-13(4)19-17-14(5)12(3)6-7-16(15)17/h6-8,11,18H,9-10H2,1-5H3. The van der Waals surface area contributed by atoms with Gasteiger partial charge in [0.05, 0.1) is 5.52 Å². The zero-order valence-electron chi connectivity index (χ0n) is 12.7. The van der Waals surface area contributed by atoms with Crippen molar-refractivity contribution in [2.45, 2.75) is 41.2 Å². The lowest BCUT2D eigenvalue weighted by atomic mass is 10.0. The lowest BCUT2D eigenvalue weighted by Crippen LogP contribution is -2.19. The molecule has 2 rings (SSSR count). The Morgan fingerprint density at radius 1 is 1.16 bits per heavy atom. The summed E-state index contributed by atoms with van der Waals surface area (Å²) in [4.78, 5) is 4.71. The van der Waals surface area contributed by atoms with Crippen LogP contribution >= 0.6 is 0 Å². The van der Waals surface area contributed by atoms with Gasteiger partial charge in [0.1, 0.15) is 0 Å². The Balaban J connectivity index is 2.40. The molecule has 0 fully saturated rings. The second kappa shape index (κ2) is 5.70. The molecule has 2 aromatic rings. The van der Waals surface area contributed by atoms with Crippen molar-refractivity contribution in [3.05, 3.63) is 40.6 Å². The summed E-state index contributed by atoms with van der Waals surface area (Å²) >= 11 is 0. The van der Waals surface area contributed by atoms with Crippen molar-refractivity contribution in [1.82, 2.24) is 10.3 Å². The second-order valence-corrected chi connectivity index (χ2v) is 5.85. The number of hydrogen-bond acceptors (Lipinski definition) is 2. The molecule has 0 bridgehead atoms. The van der Waals surface area contributed by atoms with E-state index >= 15 is 0 Å². The fourth-order valence-corrected chi connectivity index (χ4v) is 2.38. The number of fused-ring (bicyclic) bond motifs is 1. The smallest absolute Gasteiger partial charge is 0.0740 e. The van der Waals surface area contributed by atoms with Crippen LogP contribution in [0.1, 0.15) is 36.2 Å². The van der Waals surface area contributed by atoms with Crippen LogP contribution in [-0.4, -0.2) is 11.5 Å². The topological polar surface area (TPSA) is 24.9 Å². The Labute approximate surface area is 116 Å². The maximum absolute atomic E-state index is 4.71. The predicted octanol–water partition coefficient (Wildman–Crippen LogP) is 3.91. The van der Waals surface area contributed by atoms with Crippen molar-refractivity contribution < 1.29 is 0 Å². The van der Waals surface area contributed by atoms with Gasteiger partial charge in [-0.05, 0) is 56.0 Å². The minimum absolute atomic E-state index is 0.679. The summed E-state index contributed by atoms with van der Waals surface area (Å²) in [6.07, 6.45) is 0. The molecule has 0 aliphatic rings. The van der Waals surface area contributed by atoms with E-state index in [1.807, 2.05) is 0 Å².